The van der Waals surface area contributed by atoms with Gasteiger partial charge in [0, 0.05) is 24.2 Å². The predicted octanol–water partition coefficient (Wildman–Crippen LogP) is 3.38. The van der Waals surface area contributed by atoms with Crippen LogP contribution >= 0.6 is 0 Å². The van der Waals surface area contributed by atoms with Gasteiger partial charge in [0.05, 0.1) is 12.6 Å². The first kappa shape index (κ1) is 15.1. The average Bonchev–Trinajstić information content (AvgIpc) is 2.28. The van der Waals surface area contributed by atoms with E-state index in [2.05, 4.69) is 43.5 Å². The van der Waals surface area contributed by atoms with Crippen molar-refractivity contribution in [1.29, 1.82) is 0 Å². The summed E-state index contributed by atoms with van der Waals surface area (Å²) < 4.78 is 5.95. The summed E-state index contributed by atoms with van der Waals surface area (Å²) in [7, 11) is -1.46. The van der Waals surface area contributed by atoms with Crippen molar-refractivity contribution in [3.05, 3.63) is 30.1 Å². The van der Waals surface area contributed by atoms with Crippen LogP contribution in [0.25, 0.3) is 0 Å². The van der Waals surface area contributed by atoms with Crippen LogP contribution in [0.5, 0.6) is 0 Å². The fourth-order valence-electron chi connectivity index (χ4n) is 1.38. The molecule has 0 spiro atoms. The first-order valence-corrected chi connectivity index (χ1v) is 9.86. The van der Waals surface area contributed by atoms with Crippen LogP contribution in [0.15, 0.2) is 29.5 Å². The van der Waals surface area contributed by atoms with Gasteiger partial charge in [-0.05, 0) is 31.6 Å². The quantitative estimate of drug-likeness (QED) is 0.583. The molecule has 3 nitrogen and oxygen atoms in total. The van der Waals surface area contributed by atoms with Gasteiger partial charge in [-0.15, -0.1) is 0 Å². The molecule has 0 saturated carbocycles. The Labute approximate surface area is 111 Å². The third-order valence-electron chi connectivity index (χ3n) is 2.56. The summed E-state index contributed by atoms with van der Waals surface area (Å²) in [6.07, 6.45) is 5.48. The Morgan fingerprint density at radius 2 is 2.11 bits per heavy atom. The second-order valence-electron chi connectivity index (χ2n) is 5.80. The maximum atomic E-state index is 5.95. The van der Waals surface area contributed by atoms with Crippen LogP contribution in [0.3, 0.4) is 0 Å². The second-order valence-corrected chi connectivity index (χ2v) is 10.3. The summed E-state index contributed by atoms with van der Waals surface area (Å²) in [5.74, 6) is 0.481. The fraction of sp³-hybridized carbons (Fsp3) is 0.571. The molecule has 4 heteroatoms. The molecule has 0 saturated heterocycles. The van der Waals surface area contributed by atoms with Crippen molar-refractivity contribution in [1.82, 2.24) is 4.98 Å². The van der Waals surface area contributed by atoms with Crippen LogP contribution in [0.1, 0.15) is 19.4 Å². The monoisotopic (exact) mass is 264 g/mol. The highest BCUT2D eigenvalue weighted by Gasteiger charge is 2.18. The molecule has 0 aliphatic heterocycles. The number of pyridine rings is 1. The van der Waals surface area contributed by atoms with Crippen molar-refractivity contribution in [3.8, 4) is 0 Å². The lowest BCUT2D eigenvalue weighted by atomic mass is 10.1. The zero-order valence-corrected chi connectivity index (χ0v) is 13.1. The van der Waals surface area contributed by atoms with E-state index in [4.69, 9.17) is 4.43 Å². The van der Waals surface area contributed by atoms with Gasteiger partial charge in [-0.2, -0.15) is 0 Å². The highest BCUT2D eigenvalue weighted by atomic mass is 28.4. The van der Waals surface area contributed by atoms with Gasteiger partial charge in [0.1, 0.15) is 0 Å². The van der Waals surface area contributed by atoms with Gasteiger partial charge in [0.25, 0.3) is 0 Å². The van der Waals surface area contributed by atoms with Crippen molar-refractivity contribution in [2.24, 2.45) is 10.9 Å². The Hall–Kier alpha value is -1.00. The molecule has 1 heterocycles. The molecule has 0 aliphatic carbocycles. The Bertz CT molecular complexity index is 371. The van der Waals surface area contributed by atoms with Crippen molar-refractivity contribution in [2.45, 2.75) is 39.5 Å². The van der Waals surface area contributed by atoms with Gasteiger partial charge in [-0.25, -0.2) is 0 Å². The fourth-order valence-corrected chi connectivity index (χ4v) is 2.05. The van der Waals surface area contributed by atoms with Crippen molar-refractivity contribution < 1.29 is 4.43 Å². The third kappa shape index (κ3) is 6.07. The van der Waals surface area contributed by atoms with Crippen molar-refractivity contribution >= 4 is 14.5 Å². The molecule has 1 aromatic rings. The van der Waals surface area contributed by atoms with E-state index in [1.165, 1.54) is 0 Å². The third-order valence-corrected chi connectivity index (χ3v) is 3.59. The van der Waals surface area contributed by atoms with Crippen LogP contribution in [0.2, 0.25) is 19.6 Å². The summed E-state index contributed by atoms with van der Waals surface area (Å²) >= 11 is 0. The number of hydrogen-bond donors (Lipinski definition) is 0. The molecular formula is C14H24N2OSi. The van der Waals surface area contributed by atoms with Gasteiger partial charge < -0.3 is 4.43 Å². The Balaban J connectivity index is 2.61. The lowest BCUT2D eigenvalue weighted by molar-refractivity contribution is 0.255. The highest BCUT2D eigenvalue weighted by molar-refractivity contribution is 6.69. The number of aromatic nitrogens is 1. The Morgan fingerprint density at radius 1 is 1.39 bits per heavy atom. The maximum absolute atomic E-state index is 5.95. The van der Waals surface area contributed by atoms with Crippen LogP contribution in [-0.4, -0.2) is 32.2 Å². The van der Waals surface area contributed by atoms with E-state index in [-0.39, 0.29) is 6.04 Å². The van der Waals surface area contributed by atoms with E-state index >= 15 is 0 Å². The Kier molecular flexibility index (Phi) is 5.69. The number of rotatable bonds is 6. The number of aliphatic imine (C=N–C) groups is 1. The molecule has 0 radical (unpaired) electrons. The predicted molar refractivity (Wildman–Crippen MR) is 79.8 cm³/mol. The minimum absolute atomic E-state index is 0.219. The molecule has 0 bridgehead atoms. The van der Waals surface area contributed by atoms with Crippen LogP contribution in [0, 0.1) is 5.92 Å². The van der Waals surface area contributed by atoms with E-state index in [1.807, 2.05) is 24.5 Å². The SMILES string of the molecule is CC(C)[C@@H](CO[Si](C)(C)C)N=Cc1cccnc1. The Morgan fingerprint density at radius 3 is 2.61 bits per heavy atom. The zero-order valence-electron chi connectivity index (χ0n) is 12.1. The summed E-state index contributed by atoms with van der Waals surface area (Å²) in [4.78, 5) is 8.71. The largest absolute Gasteiger partial charge is 0.415 e. The lowest BCUT2D eigenvalue weighted by Crippen LogP contribution is -2.31. The molecule has 18 heavy (non-hydrogen) atoms. The van der Waals surface area contributed by atoms with Crippen LogP contribution < -0.4 is 0 Å². The first-order valence-electron chi connectivity index (χ1n) is 6.45. The van der Waals surface area contributed by atoms with Gasteiger partial charge >= 0.3 is 0 Å². The molecular weight excluding hydrogens is 240 g/mol. The highest BCUT2D eigenvalue weighted by Crippen LogP contribution is 2.11. The molecule has 0 fully saturated rings. The van der Waals surface area contributed by atoms with Crippen molar-refractivity contribution in [3.63, 3.8) is 0 Å². The van der Waals surface area contributed by atoms with Gasteiger partial charge in [-0.3, -0.25) is 9.98 Å². The molecule has 1 atom stereocenters. The minimum Gasteiger partial charge on any atom is -0.415 e. The summed E-state index contributed by atoms with van der Waals surface area (Å²) in [5, 5.41) is 0. The van der Waals surface area contributed by atoms with E-state index in [0.717, 1.165) is 5.56 Å². The number of nitrogens with zero attached hydrogens (tertiary/aromatic N) is 2. The van der Waals surface area contributed by atoms with E-state index in [9.17, 15) is 0 Å². The summed E-state index contributed by atoms with van der Waals surface area (Å²) in [5.41, 5.74) is 1.04. The molecule has 1 aromatic heterocycles. The van der Waals surface area contributed by atoms with E-state index < -0.39 is 8.32 Å². The lowest BCUT2D eigenvalue weighted by Gasteiger charge is -2.23. The smallest absolute Gasteiger partial charge is 0.183 e. The number of hydrogen-bond acceptors (Lipinski definition) is 3. The minimum atomic E-state index is -1.46. The van der Waals surface area contributed by atoms with Crippen LogP contribution in [0.4, 0.5) is 0 Å². The summed E-state index contributed by atoms with van der Waals surface area (Å²) in [6, 6.07) is 4.15. The summed E-state index contributed by atoms with van der Waals surface area (Å²) in [6.45, 7) is 11.7. The topological polar surface area (TPSA) is 34.5 Å². The maximum Gasteiger partial charge on any atom is 0.183 e. The molecule has 0 amide bonds. The van der Waals surface area contributed by atoms with Gasteiger partial charge in [-0.1, -0.05) is 19.9 Å². The second kappa shape index (κ2) is 6.80. The van der Waals surface area contributed by atoms with Crippen molar-refractivity contribution in [2.75, 3.05) is 6.61 Å². The van der Waals surface area contributed by atoms with E-state index in [0.29, 0.717) is 12.5 Å². The standard InChI is InChI=1S/C14H24N2OSi/c1-12(2)14(11-17-18(3,4)5)16-10-13-7-6-8-15-9-13/h6-10,12,14H,11H2,1-5H3/t14-/m1/s1. The molecule has 0 aliphatic rings. The molecule has 100 valence electrons. The van der Waals surface area contributed by atoms with Crippen LogP contribution in [-0.2, 0) is 4.43 Å². The average molecular weight is 264 g/mol. The molecule has 1 rings (SSSR count). The van der Waals surface area contributed by atoms with Gasteiger partial charge in [0.2, 0.25) is 0 Å². The van der Waals surface area contributed by atoms with E-state index in [1.54, 1.807) is 6.20 Å². The molecule has 0 unspecified atom stereocenters. The first-order chi connectivity index (χ1) is 8.38. The molecule has 0 N–H and O–H groups in total. The van der Waals surface area contributed by atoms with Gasteiger partial charge in [0.15, 0.2) is 8.32 Å². The zero-order chi connectivity index (χ0) is 13.6. The molecule has 0 aromatic carbocycles. The normalized spacial score (nSPS) is 14.3.